The van der Waals surface area contributed by atoms with Gasteiger partial charge in [0.05, 0.1) is 5.02 Å². The Balaban J connectivity index is 1.79. The first-order valence-corrected chi connectivity index (χ1v) is 6.90. The van der Waals surface area contributed by atoms with Gasteiger partial charge in [-0.15, -0.1) is 0 Å². The molecule has 114 valence electrons. The van der Waals surface area contributed by atoms with Crippen LogP contribution in [0.5, 0.6) is 5.75 Å². The topological polar surface area (TPSA) is 91.3 Å². The number of nitrogens with one attached hydrogen (secondary N) is 2. The first-order valence-electron chi connectivity index (χ1n) is 6.53. The number of rotatable bonds is 5. The van der Waals surface area contributed by atoms with E-state index in [0.29, 0.717) is 11.3 Å². The van der Waals surface area contributed by atoms with Gasteiger partial charge in [0, 0.05) is 36.6 Å². The number of aromatic nitrogens is 1. The Bertz CT molecular complexity index is 677. The maximum absolute atomic E-state index is 11.9. The van der Waals surface area contributed by atoms with Crippen molar-refractivity contribution in [1.82, 2.24) is 10.3 Å². The summed E-state index contributed by atoms with van der Waals surface area (Å²) in [5, 5.41) is 14.7. The summed E-state index contributed by atoms with van der Waals surface area (Å²) < 4.78 is 0. The van der Waals surface area contributed by atoms with E-state index >= 15 is 0 Å². The van der Waals surface area contributed by atoms with E-state index in [1.165, 1.54) is 18.2 Å². The first kappa shape index (κ1) is 15.8. The lowest BCUT2D eigenvalue weighted by Gasteiger charge is -2.07. The highest BCUT2D eigenvalue weighted by atomic mass is 35.5. The minimum atomic E-state index is -0.362. The number of carbonyl (C=O) groups is 2. The molecule has 22 heavy (non-hydrogen) atoms. The molecule has 0 bridgehead atoms. The van der Waals surface area contributed by atoms with E-state index in [1.807, 2.05) is 0 Å². The van der Waals surface area contributed by atoms with Crippen molar-refractivity contribution >= 4 is 29.1 Å². The third-order valence-electron chi connectivity index (χ3n) is 2.81. The van der Waals surface area contributed by atoms with Gasteiger partial charge < -0.3 is 15.7 Å². The molecule has 7 heteroatoms. The zero-order chi connectivity index (χ0) is 15.9. The molecule has 0 aliphatic heterocycles. The molecule has 1 heterocycles. The van der Waals surface area contributed by atoms with Gasteiger partial charge in [-0.3, -0.25) is 14.6 Å². The SMILES string of the molecule is O=C(CCNC(=O)c1ccc(O)c(Cl)c1)Nc1ccncc1. The number of benzene rings is 1. The van der Waals surface area contributed by atoms with Gasteiger partial charge in [0.2, 0.25) is 5.91 Å². The Hall–Kier alpha value is -2.60. The molecule has 0 atom stereocenters. The molecular weight excluding hydrogens is 306 g/mol. The summed E-state index contributed by atoms with van der Waals surface area (Å²) in [6.07, 6.45) is 3.29. The monoisotopic (exact) mass is 319 g/mol. The van der Waals surface area contributed by atoms with E-state index in [-0.39, 0.29) is 35.6 Å². The summed E-state index contributed by atoms with van der Waals surface area (Å²) in [6.45, 7) is 0.189. The Morgan fingerprint density at radius 2 is 1.91 bits per heavy atom. The van der Waals surface area contributed by atoms with Crippen molar-refractivity contribution in [2.45, 2.75) is 6.42 Å². The zero-order valence-electron chi connectivity index (χ0n) is 11.5. The van der Waals surface area contributed by atoms with Crippen molar-refractivity contribution in [2.24, 2.45) is 0 Å². The van der Waals surface area contributed by atoms with Crippen LogP contribution in [0.4, 0.5) is 5.69 Å². The van der Waals surface area contributed by atoms with Crippen molar-refractivity contribution < 1.29 is 14.7 Å². The summed E-state index contributed by atoms with van der Waals surface area (Å²) in [5.74, 6) is -0.663. The average molecular weight is 320 g/mol. The van der Waals surface area contributed by atoms with Crippen molar-refractivity contribution in [3.05, 3.63) is 53.3 Å². The summed E-state index contributed by atoms with van der Waals surface area (Å²) in [7, 11) is 0. The van der Waals surface area contributed by atoms with E-state index in [2.05, 4.69) is 15.6 Å². The van der Waals surface area contributed by atoms with E-state index < -0.39 is 0 Å². The number of amides is 2. The summed E-state index contributed by atoms with van der Waals surface area (Å²) in [5.41, 5.74) is 0.967. The predicted molar refractivity (Wildman–Crippen MR) is 82.9 cm³/mol. The number of anilines is 1. The van der Waals surface area contributed by atoms with E-state index in [1.54, 1.807) is 24.5 Å². The molecule has 0 aliphatic carbocycles. The normalized spacial score (nSPS) is 10.0. The maximum Gasteiger partial charge on any atom is 0.251 e. The van der Waals surface area contributed by atoms with Gasteiger partial charge >= 0.3 is 0 Å². The summed E-state index contributed by atoms with van der Waals surface area (Å²) in [6, 6.07) is 7.51. The summed E-state index contributed by atoms with van der Waals surface area (Å²) in [4.78, 5) is 27.4. The highest BCUT2D eigenvalue weighted by Gasteiger charge is 2.09. The largest absolute Gasteiger partial charge is 0.506 e. The van der Waals surface area contributed by atoms with E-state index in [0.717, 1.165) is 0 Å². The molecule has 0 radical (unpaired) electrons. The molecule has 0 fully saturated rings. The Labute approximate surface area is 132 Å². The summed E-state index contributed by atoms with van der Waals surface area (Å²) >= 11 is 5.73. The van der Waals surface area contributed by atoms with Gasteiger partial charge in [-0.2, -0.15) is 0 Å². The fourth-order valence-corrected chi connectivity index (χ4v) is 1.88. The molecule has 0 aliphatic rings. The molecule has 0 spiro atoms. The highest BCUT2D eigenvalue weighted by molar-refractivity contribution is 6.32. The van der Waals surface area contributed by atoms with Gasteiger partial charge in [0.1, 0.15) is 5.75 Å². The zero-order valence-corrected chi connectivity index (χ0v) is 12.3. The lowest BCUT2D eigenvalue weighted by molar-refractivity contribution is -0.116. The molecule has 0 unspecified atom stereocenters. The second kappa shape index (κ2) is 7.42. The number of carbonyl (C=O) groups excluding carboxylic acids is 2. The molecule has 3 N–H and O–H groups in total. The van der Waals surface area contributed by atoms with Crippen LogP contribution in [0.1, 0.15) is 16.8 Å². The minimum Gasteiger partial charge on any atom is -0.506 e. The quantitative estimate of drug-likeness (QED) is 0.788. The molecule has 1 aromatic carbocycles. The average Bonchev–Trinajstić information content (AvgIpc) is 2.51. The van der Waals surface area contributed by atoms with Crippen LogP contribution in [0.3, 0.4) is 0 Å². The number of aromatic hydroxyl groups is 1. The number of hydrogen-bond donors (Lipinski definition) is 3. The smallest absolute Gasteiger partial charge is 0.251 e. The minimum absolute atomic E-state index is 0.0880. The molecule has 0 saturated heterocycles. The number of hydrogen-bond acceptors (Lipinski definition) is 4. The molecule has 6 nitrogen and oxygen atoms in total. The molecule has 2 aromatic rings. The van der Waals surface area contributed by atoms with Gasteiger partial charge in [-0.1, -0.05) is 11.6 Å². The van der Waals surface area contributed by atoms with Crippen molar-refractivity contribution in [3.63, 3.8) is 0 Å². The van der Waals surface area contributed by atoms with Crippen LogP contribution < -0.4 is 10.6 Å². The lowest BCUT2D eigenvalue weighted by Crippen LogP contribution is -2.27. The number of pyridine rings is 1. The van der Waals surface area contributed by atoms with Gasteiger partial charge in [0.15, 0.2) is 0 Å². The van der Waals surface area contributed by atoms with E-state index in [9.17, 15) is 14.7 Å². The molecule has 2 rings (SSSR count). The lowest BCUT2D eigenvalue weighted by atomic mass is 10.2. The van der Waals surface area contributed by atoms with Gasteiger partial charge in [0.25, 0.3) is 5.91 Å². The van der Waals surface area contributed by atoms with Crippen molar-refractivity contribution in [2.75, 3.05) is 11.9 Å². The standard InChI is InChI=1S/C15H14ClN3O3/c16-12-9-10(1-2-13(12)20)15(22)18-8-5-14(21)19-11-3-6-17-7-4-11/h1-4,6-7,9,20H,5,8H2,(H,18,22)(H,17,19,21). The van der Waals surface area contributed by atoms with Crippen molar-refractivity contribution in [1.29, 1.82) is 0 Å². The van der Waals surface area contributed by atoms with Crippen LogP contribution in [0, 0.1) is 0 Å². The van der Waals surface area contributed by atoms with Crippen LogP contribution in [-0.2, 0) is 4.79 Å². The number of nitrogens with zero attached hydrogens (tertiary/aromatic N) is 1. The number of phenols is 1. The van der Waals surface area contributed by atoms with Crippen LogP contribution >= 0.6 is 11.6 Å². The van der Waals surface area contributed by atoms with Gasteiger partial charge in [-0.25, -0.2) is 0 Å². The fraction of sp³-hybridized carbons (Fsp3) is 0.133. The molecule has 1 aromatic heterocycles. The number of phenolic OH excluding ortho intramolecular Hbond substituents is 1. The van der Waals surface area contributed by atoms with Crippen LogP contribution in [0.25, 0.3) is 0 Å². The third kappa shape index (κ3) is 4.46. The van der Waals surface area contributed by atoms with Crippen LogP contribution in [0.2, 0.25) is 5.02 Å². The second-order valence-corrected chi connectivity index (χ2v) is 4.86. The van der Waals surface area contributed by atoms with E-state index in [4.69, 9.17) is 11.6 Å². The first-order chi connectivity index (χ1) is 10.6. The van der Waals surface area contributed by atoms with Crippen LogP contribution in [-0.4, -0.2) is 28.4 Å². The second-order valence-electron chi connectivity index (χ2n) is 4.46. The Kier molecular flexibility index (Phi) is 5.32. The highest BCUT2D eigenvalue weighted by Crippen LogP contribution is 2.23. The Morgan fingerprint density at radius 1 is 1.18 bits per heavy atom. The third-order valence-corrected chi connectivity index (χ3v) is 3.11. The maximum atomic E-state index is 11.9. The molecule has 2 amide bonds. The molecular formula is C15H14ClN3O3. The fourth-order valence-electron chi connectivity index (χ4n) is 1.70. The van der Waals surface area contributed by atoms with Crippen molar-refractivity contribution in [3.8, 4) is 5.75 Å². The molecule has 0 saturated carbocycles. The Morgan fingerprint density at radius 3 is 2.59 bits per heavy atom. The predicted octanol–water partition coefficient (Wildman–Crippen LogP) is 2.20. The number of halogens is 1. The van der Waals surface area contributed by atoms with Crippen LogP contribution in [0.15, 0.2) is 42.7 Å². The van der Waals surface area contributed by atoms with Gasteiger partial charge in [-0.05, 0) is 30.3 Å².